The molecule has 1 fully saturated rings. The first-order valence-corrected chi connectivity index (χ1v) is 9.41. The number of aryl methyl sites for hydroxylation is 1. The van der Waals surface area contributed by atoms with E-state index < -0.39 is 17.6 Å². The maximum absolute atomic E-state index is 14.6. The molecular weight excluding hydrogens is 402 g/mol. The van der Waals surface area contributed by atoms with Gasteiger partial charge in [0.1, 0.15) is 11.5 Å². The van der Waals surface area contributed by atoms with Crippen LogP contribution in [0.15, 0.2) is 36.7 Å². The van der Waals surface area contributed by atoms with Crippen molar-refractivity contribution in [1.82, 2.24) is 19.5 Å². The molecule has 1 aliphatic heterocycles. The van der Waals surface area contributed by atoms with Gasteiger partial charge in [-0.05, 0) is 44.0 Å². The van der Waals surface area contributed by atoms with E-state index >= 15 is 0 Å². The molecule has 158 valence electrons. The summed E-state index contributed by atoms with van der Waals surface area (Å²) < 4.78 is 60.1. The van der Waals surface area contributed by atoms with Gasteiger partial charge in [-0.2, -0.15) is 13.2 Å². The molecule has 0 radical (unpaired) electrons. The van der Waals surface area contributed by atoms with E-state index in [1.54, 1.807) is 6.20 Å². The second-order valence-electron chi connectivity index (χ2n) is 6.99. The van der Waals surface area contributed by atoms with Crippen LogP contribution in [0.5, 0.6) is 0 Å². The van der Waals surface area contributed by atoms with Crippen molar-refractivity contribution >= 4 is 11.6 Å². The van der Waals surface area contributed by atoms with E-state index in [9.17, 15) is 17.6 Å². The Labute approximate surface area is 169 Å². The number of imidazole rings is 1. The average Bonchev–Trinajstić information content (AvgIpc) is 3.11. The molecule has 0 bridgehead atoms. The lowest BCUT2D eigenvalue weighted by atomic mass is 10.1. The van der Waals surface area contributed by atoms with E-state index in [0.29, 0.717) is 24.6 Å². The van der Waals surface area contributed by atoms with E-state index in [1.165, 1.54) is 12.1 Å². The standard InChI is InChI=1S/C20H19F4N5O/c1-12-25-11-17(29(12)15-6-8-30-9-7-15)18-16(21)10-26-19(28-18)27-14-4-2-13(3-5-14)20(22,23)24/h2-5,10-11,15H,6-9H2,1H3,(H,26,27,28). The maximum atomic E-state index is 14.6. The highest BCUT2D eigenvalue weighted by atomic mass is 19.4. The van der Waals surface area contributed by atoms with Gasteiger partial charge in [-0.3, -0.25) is 0 Å². The number of nitrogens with zero attached hydrogens (tertiary/aromatic N) is 4. The normalized spacial score (nSPS) is 15.4. The number of hydrogen-bond acceptors (Lipinski definition) is 5. The van der Waals surface area contributed by atoms with Crippen LogP contribution >= 0.6 is 0 Å². The number of ether oxygens (including phenoxy) is 1. The Bertz CT molecular complexity index is 1030. The fourth-order valence-corrected chi connectivity index (χ4v) is 3.51. The second-order valence-corrected chi connectivity index (χ2v) is 6.99. The Morgan fingerprint density at radius 2 is 1.77 bits per heavy atom. The number of rotatable bonds is 4. The highest BCUT2D eigenvalue weighted by Crippen LogP contribution is 2.32. The minimum atomic E-state index is -4.42. The minimum Gasteiger partial charge on any atom is -0.381 e. The zero-order valence-electron chi connectivity index (χ0n) is 16.1. The van der Waals surface area contributed by atoms with Crippen molar-refractivity contribution in [2.45, 2.75) is 32.0 Å². The number of nitrogens with one attached hydrogen (secondary N) is 1. The Kier molecular flexibility index (Phi) is 5.42. The smallest absolute Gasteiger partial charge is 0.381 e. The van der Waals surface area contributed by atoms with Crippen molar-refractivity contribution in [3.8, 4) is 11.4 Å². The van der Waals surface area contributed by atoms with Crippen molar-refractivity contribution < 1.29 is 22.3 Å². The summed E-state index contributed by atoms with van der Waals surface area (Å²) in [6, 6.07) is 4.57. The van der Waals surface area contributed by atoms with E-state index in [4.69, 9.17) is 4.74 Å². The molecule has 0 spiro atoms. The van der Waals surface area contributed by atoms with E-state index in [-0.39, 0.29) is 17.7 Å². The van der Waals surface area contributed by atoms with Crippen molar-refractivity contribution in [3.63, 3.8) is 0 Å². The zero-order chi connectivity index (χ0) is 21.3. The summed E-state index contributed by atoms with van der Waals surface area (Å²) in [5.74, 6) is 0.205. The van der Waals surface area contributed by atoms with Gasteiger partial charge in [-0.1, -0.05) is 0 Å². The number of hydrogen-bond donors (Lipinski definition) is 1. The molecular formula is C20H19F4N5O. The fourth-order valence-electron chi connectivity index (χ4n) is 3.51. The largest absolute Gasteiger partial charge is 0.416 e. The van der Waals surface area contributed by atoms with Crippen LogP contribution in [-0.2, 0) is 10.9 Å². The van der Waals surface area contributed by atoms with Gasteiger partial charge in [0.15, 0.2) is 5.82 Å². The molecule has 2 aromatic heterocycles. The molecule has 10 heteroatoms. The van der Waals surface area contributed by atoms with Gasteiger partial charge in [0, 0.05) is 24.9 Å². The molecule has 30 heavy (non-hydrogen) atoms. The molecule has 1 N–H and O–H groups in total. The van der Waals surface area contributed by atoms with Gasteiger partial charge in [0.2, 0.25) is 5.95 Å². The molecule has 3 aromatic rings. The van der Waals surface area contributed by atoms with Gasteiger partial charge >= 0.3 is 6.18 Å². The van der Waals surface area contributed by atoms with Gasteiger partial charge < -0.3 is 14.6 Å². The zero-order valence-corrected chi connectivity index (χ0v) is 16.1. The van der Waals surface area contributed by atoms with Crippen LogP contribution in [0.3, 0.4) is 0 Å². The Morgan fingerprint density at radius 3 is 2.43 bits per heavy atom. The molecule has 1 aliphatic rings. The van der Waals surface area contributed by atoms with Crippen LogP contribution in [0.2, 0.25) is 0 Å². The number of benzene rings is 1. The molecule has 0 amide bonds. The third-order valence-corrected chi connectivity index (χ3v) is 4.99. The topological polar surface area (TPSA) is 64.9 Å². The van der Waals surface area contributed by atoms with Crippen LogP contribution in [0.4, 0.5) is 29.2 Å². The number of halogens is 4. The first kappa shape index (κ1) is 20.3. The molecule has 3 heterocycles. The maximum Gasteiger partial charge on any atom is 0.416 e. The third-order valence-electron chi connectivity index (χ3n) is 4.99. The molecule has 0 atom stereocenters. The van der Waals surface area contributed by atoms with Gasteiger partial charge in [0.25, 0.3) is 0 Å². The van der Waals surface area contributed by atoms with Crippen molar-refractivity contribution in [3.05, 3.63) is 53.9 Å². The summed E-state index contributed by atoms with van der Waals surface area (Å²) in [6.07, 6.45) is -0.247. The lowest BCUT2D eigenvalue weighted by molar-refractivity contribution is -0.137. The summed E-state index contributed by atoms with van der Waals surface area (Å²) in [4.78, 5) is 12.5. The van der Waals surface area contributed by atoms with Crippen LogP contribution < -0.4 is 5.32 Å². The predicted molar refractivity (Wildman–Crippen MR) is 102 cm³/mol. The highest BCUT2D eigenvalue weighted by molar-refractivity contribution is 5.60. The first-order valence-electron chi connectivity index (χ1n) is 9.41. The fraction of sp³-hybridized carbons (Fsp3) is 0.350. The molecule has 0 aliphatic carbocycles. The molecule has 1 saturated heterocycles. The molecule has 0 unspecified atom stereocenters. The van der Waals surface area contributed by atoms with Gasteiger partial charge in [-0.25, -0.2) is 19.3 Å². The SMILES string of the molecule is Cc1ncc(-c2nc(Nc3ccc(C(F)(F)F)cc3)ncc2F)n1C1CCOCC1. The number of alkyl halides is 3. The summed E-state index contributed by atoms with van der Waals surface area (Å²) in [5, 5.41) is 2.82. The van der Waals surface area contributed by atoms with Gasteiger partial charge in [-0.15, -0.1) is 0 Å². The van der Waals surface area contributed by atoms with Crippen LogP contribution in [0.25, 0.3) is 11.4 Å². The highest BCUT2D eigenvalue weighted by Gasteiger charge is 2.30. The van der Waals surface area contributed by atoms with Crippen LogP contribution in [0, 0.1) is 12.7 Å². The lowest BCUT2D eigenvalue weighted by Crippen LogP contribution is -2.21. The summed E-state index contributed by atoms with van der Waals surface area (Å²) in [7, 11) is 0. The van der Waals surface area contributed by atoms with Crippen molar-refractivity contribution in [2.75, 3.05) is 18.5 Å². The van der Waals surface area contributed by atoms with Gasteiger partial charge in [0.05, 0.1) is 23.7 Å². The Hall–Kier alpha value is -3.01. The monoisotopic (exact) mass is 421 g/mol. The Morgan fingerprint density at radius 1 is 1.07 bits per heavy atom. The third kappa shape index (κ3) is 4.13. The predicted octanol–water partition coefficient (Wildman–Crippen LogP) is 4.90. The molecule has 1 aromatic carbocycles. The quantitative estimate of drug-likeness (QED) is 0.607. The number of anilines is 2. The van der Waals surface area contributed by atoms with E-state index in [0.717, 1.165) is 37.0 Å². The van der Waals surface area contributed by atoms with Crippen molar-refractivity contribution in [2.24, 2.45) is 0 Å². The molecule has 4 rings (SSSR count). The Balaban J connectivity index is 1.63. The van der Waals surface area contributed by atoms with Crippen LogP contribution in [0.1, 0.15) is 30.3 Å². The van der Waals surface area contributed by atoms with E-state index in [2.05, 4.69) is 20.3 Å². The summed E-state index contributed by atoms with van der Waals surface area (Å²) in [6.45, 7) is 3.09. The molecule has 0 saturated carbocycles. The first-order chi connectivity index (χ1) is 14.3. The van der Waals surface area contributed by atoms with E-state index in [1.807, 2.05) is 11.5 Å². The second kappa shape index (κ2) is 8.02. The lowest BCUT2D eigenvalue weighted by Gasteiger charge is -2.26. The number of aromatic nitrogens is 4. The average molecular weight is 421 g/mol. The minimum absolute atomic E-state index is 0.0727. The van der Waals surface area contributed by atoms with Crippen LogP contribution in [-0.4, -0.2) is 32.7 Å². The summed E-state index contributed by atoms with van der Waals surface area (Å²) >= 11 is 0. The van der Waals surface area contributed by atoms with Crippen molar-refractivity contribution in [1.29, 1.82) is 0 Å². The molecule has 6 nitrogen and oxygen atoms in total. The summed E-state index contributed by atoms with van der Waals surface area (Å²) in [5.41, 5.74) is 0.195.